The lowest BCUT2D eigenvalue weighted by Gasteiger charge is -2.30. The number of aromatic nitrogens is 6. The van der Waals surface area contributed by atoms with Crippen molar-refractivity contribution in [3.8, 4) is 0 Å². The van der Waals surface area contributed by atoms with Crippen molar-refractivity contribution in [1.82, 2.24) is 50.8 Å². The summed E-state index contributed by atoms with van der Waals surface area (Å²) >= 11 is 1.29. The molecule has 254 valence electrons. The number of hydrogen-bond donors (Lipinski definition) is 4. The molecule has 0 radical (unpaired) electrons. The van der Waals surface area contributed by atoms with Gasteiger partial charge in [-0.15, -0.1) is 11.3 Å². The van der Waals surface area contributed by atoms with Crippen LogP contribution in [0.2, 0.25) is 0 Å². The smallest absolute Gasteiger partial charge is 0.271 e. The number of fused-ring (bicyclic) bond motifs is 3. The maximum absolute atomic E-state index is 13.7. The van der Waals surface area contributed by atoms with Crippen LogP contribution in [0.4, 0.5) is 0 Å². The first-order valence-corrected chi connectivity index (χ1v) is 16.9. The van der Waals surface area contributed by atoms with E-state index in [2.05, 4.69) is 41.2 Å². The quantitative estimate of drug-likeness (QED) is 0.241. The van der Waals surface area contributed by atoms with Crippen molar-refractivity contribution in [3.05, 3.63) is 81.6 Å². The summed E-state index contributed by atoms with van der Waals surface area (Å²) in [6.07, 6.45) is 3.84. The summed E-state index contributed by atoms with van der Waals surface area (Å²) < 4.78 is 1.51. The summed E-state index contributed by atoms with van der Waals surface area (Å²) in [5, 5.41) is 22.5. The molecule has 0 spiro atoms. The Bertz CT molecular complexity index is 1720. The lowest BCUT2D eigenvalue weighted by atomic mass is 10.0. The number of carbonyl (C=O) groups excluding carboxylic acids is 4. The van der Waals surface area contributed by atoms with Crippen LogP contribution in [-0.2, 0) is 22.6 Å². The molecule has 4 aromatic rings. The van der Waals surface area contributed by atoms with Gasteiger partial charge in [0.05, 0.1) is 30.4 Å². The predicted octanol–water partition coefficient (Wildman–Crippen LogP) is 2.98. The predicted molar refractivity (Wildman–Crippen MR) is 179 cm³/mol. The van der Waals surface area contributed by atoms with E-state index in [0.29, 0.717) is 35.1 Å². The highest BCUT2D eigenvalue weighted by Crippen LogP contribution is 2.26. The van der Waals surface area contributed by atoms with Crippen LogP contribution in [0.5, 0.6) is 0 Å². The van der Waals surface area contributed by atoms with Crippen LogP contribution in [-0.4, -0.2) is 77.6 Å². The summed E-state index contributed by atoms with van der Waals surface area (Å²) in [5.74, 6) is -0.576. The van der Waals surface area contributed by atoms with Gasteiger partial charge < -0.3 is 20.9 Å². The molecule has 0 fully saturated rings. The Hall–Kier alpha value is -4.92. The fourth-order valence-electron chi connectivity index (χ4n) is 5.61. The molecule has 0 aliphatic carbocycles. The molecule has 3 aromatic heterocycles. The van der Waals surface area contributed by atoms with Gasteiger partial charge >= 0.3 is 0 Å². The Balaban J connectivity index is 1.55. The van der Waals surface area contributed by atoms with Gasteiger partial charge in [-0.2, -0.15) is 10.2 Å². The Morgan fingerprint density at radius 1 is 0.979 bits per heavy atom. The lowest BCUT2D eigenvalue weighted by molar-refractivity contribution is -0.123. The van der Waals surface area contributed by atoms with Gasteiger partial charge in [0.1, 0.15) is 23.1 Å². The molecule has 5 rings (SSSR count). The van der Waals surface area contributed by atoms with Crippen LogP contribution >= 0.6 is 11.3 Å². The molecule has 4 heterocycles. The molecule has 0 saturated heterocycles. The molecule has 4 amide bonds. The van der Waals surface area contributed by atoms with E-state index in [1.165, 1.54) is 33.3 Å². The van der Waals surface area contributed by atoms with Crippen LogP contribution in [0.3, 0.4) is 0 Å². The SMILES string of the molecule is Cc1nc2n(n1)CC(=O)N[C@@H](C(C)C)CN(C(=O)c1cn[nH]c1)CC(=O)N[C@@H](CC(C)C)c1nc(cs1)C(=O)N[C@H]2Cc1ccccc1. The second-order valence-corrected chi connectivity index (χ2v) is 13.7. The minimum Gasteiger partial charge on any atom is -0.350 e. The van der Waals surface area contributed by atoms with E-state index in [1.54, 1.807) is 12.3 Å². The zero-order valence-electron chi connectivity index (χ0n) is 27.8. The molecule has 1 aromatic carbocycles. The molecule has 3 atom stereocenters. The number of rotatable bonds is 6. The number of nitrogens with zero attached hydrogens (tertiary/aromatic N) is 6. The fourth-order valence-corrected chi connectivity index (χ4v) is 6.47. The number of hydrogen-bond acceptors (Lipinski definition) is 9. The second-order valence-electron chi connectivity index (χ2n) is 12.8. The van der Waals surface area contributed by atoms with Gasteiger partial charge in [-0.05, 0) is 37.2 Å². The number of aromatic amines is 1. The first-order chi connectivity index (χ1) is 23.0. The highest BCUT2D eigenvalue weighted by molar-refractivity contribution is 7.09. The number of aryl methyl sites for hydroxylation is 1. The third kappa shape index (κ3) is 8.70. The molecular weight excluding hydrogens is 632 g/mol. The molecule has 2 bridgehead atoms. The van der Waals surface area contributed by atoms with E-state index < -0.39 is 29.9 Å². The molecule has 48 heavy (non-hydrogen) atoms. The lowest BCUT2D eigenvalue weighted by Crippen LogP contribution is -2.51. The third-order valence-corrected chi connectivity index (χ3v) is 8.99. The molecule has 0 saturated carbocycles. The van der Waals surface area contributed by atoms with Crippen LogP contribution < -0.4 is 16.0 Å². The molecule has 4 N–H and O–H groups in total. The summed E-state index contributed by atoms with van der Waals surface area (Å²) in [4.78, 5) is 65.3. The highest BCUT2D eigenvalue weighted by atomic mass is 32.1. The number of thiazole rings is 1. The van der Waals surface area contributed by atoms with Crippen LogP contribution in [0.25, 0.3) is 0 Å². The van der Waals surface area contributed by atoms with Gasteiger partial charge in [0.2, 0.25) is 11.8 Å². The normalized spacial score (nSPS) is 19.7. The van der Waals surface area contributed by atoms with E-state index in [-0.39, 0.29) is 49.0 Å². The zero-order valence-corrected chi connectivity index (χ0v) is 28.6. The van der Waals surface area contributed by atoms with Crippen molar-refractivity contribution in [2.45, 2.75) is 72.1 Å². The number of nitrogens with one attached hydrogen (secondary N) is 4. The van der Waals surface area contributed by atoms with Crippen LogP contribution in [0, 0.1) is 18.8 Å². The third-order valence-electron chi connectivity index (χ3n) is 8.03. The van der Waals surface area contributed by atoms with Gasteiger partial charge in [-0.3, -0.25) is 24.3 Å². The molecular formula is C33H42N10O4S. The average molecular weight is 675 g/mol. The Morgan fingerprint density at radius 3 is 2.42 bits per heavy atom. The topological polar surface area (TPSA) is 180 Å². The van der Waals surface area contributed by atoms with E-state index in [0.717, 1.165) is 5.56 Å². The van der Waals surface area contributed by atoms with E-state index in [9.17, 15) is 19.2 Å². The number of H-pyrrole nitrogens is 1. The Morgan fingerprint density at radius 2 is 1.73 bits per heavy atom. The first kappa shape index (κ1) is 34.4. The van der Waals surface area contributed by atoms with Crippen molar-refractivity contribution < 1.29 is 19.2 Å². The van der Waals surface area contributed by atoms with Crippen LogP contribution in [0.1, 0.15) is 89.3 Å². The molecule has 15 heteroatoms. The van der Waals surface area contributed by atoms with Gasteiger partial charge in [0.25, 0.3) is 11.8 Å². The largest absolute Gasteiger partial charge is 0.350 e. The summed E-state index contributed by atoms with van der Waals surface area (Å²) in [6.45, 7) is 9.33. The highest BCUT2D eigenvalue weighted by Gasteiger charge is 2.30. The van der Waals surface area contributed by atoms with Crippen molar-refractivity contribution in [2.75, 3.05) is 13.1 Å². The minimum absolute atomic E-state index is 0.0764. The number of benzene rings is 1. The van der Waals surface area contributed by atoms with Crippen molar-refractivity contribution in [3.63, 3.8) is 0 Å². The van der Waals surface area contributed by atoms with Crippen LogP contribution in [0.15, 0.2) is 48.1 Å². The maximum Gasteiger partial charge on any atom is 0.271 e. The van der Waals surface area contributed by atoms with E-state index in [1.807, 2.05) is 58.0 Å². The number of amides is 4. The van der Waals surface area contributed by atoms with Gasteiger partial charge in [-0.1, -0.05) is 58.0 Å². The standard InChI is InChI=1S/C33H42N10O4S/c1-19(2)11-25-32-40-27(18-48-32)31(46)39-24(12-22-9-7-6-8-10-22)30-36-21(5)41-43(30)17-29(45)38-26(20(3)4)15-42(16-28(44)37-25)33(47)23-13-34-35-14-23/h6-10,13-14,18-20,24-26H,11-12,15-17H2,1-5H3,(H,34,35)(H,37,44)(H,38,45)(H,39,46)/t24-,25-,26+/m0/s1. The minimum atomic E-state index is -0.631. The number of carbonyl (C=O) groups is 4. The van der Waals surface area contributed by atoms with E-state index >= 15 is 0 Å². The zero-order chi connectivity index (χ0) is 34.4. The van der Waals surface area contributed by atoms with Gasteiger partial charge in [0, 0.05) is 24.2 Å². The van der Waals surface area contributed by atoms with Crippen molar-refractivity contribution in [2.24, 2.45) is 11.8 Å². The molecule has 0 unspecified atom stereocenters. The van der Waals surface area contributed by atoms with Gasteiger partial charge in [-0.25, -0.2) is 14.6 Å². The molecule has 1 aliphatic heterocycles. The maximum atomic E-state index is 13.7. The summed E-state index contributed by atoms with van der Waals surface area (Å²) in [6, 6.07) is 8.06. The van der Waals surface area contributed by atoms with Crippen molar-refractivity contribution in [1.29, 1.82) is 0 Å². The molecule has 14 nitrogen and oxygen atoms in total. The monoisotopic (exact) mass is 674 g/mol. The van der Waals surface area contributed by atoms with Gasteiger partial charge in [0.15, 0.2) is 5.82 Å². The first-order valence-electron chi connectivity index (χ1n) is 16.0. The Kier molecular flexibility index (Phi) is 11.0. The average Bonchev–Trinajstić information content (AvgIpc) is 3.81. The summed E-state index contributed by atoms with van der Waals surface area (Å²) in [7, 11) is 0. The molecule has 1 aliphatic rings. The van der Waals surface area contributed by atoms with Crippen molar-refractivity contribution >= 4 is 35.0 Å². The Labute approximate surface area is 283 Å². The fraction of sp³-hybridized carbons (Fsp3) is 0.455. The second kappa shape index (κ2) is 15.3. The van der Waals surface area contributed by atoms with E-state index in [4.69, 9.17) is 0 Å². The summed E-state index contributed by atoms with van der Waals surface area (Å²) in [5.41, 5.74) is 1.46.